The van der Waals surface area contributed by atoms with Crippen molar-refractivity contribution in [1.82, 2.24) is 9.47 Å². The van der Waals surface area contributed by atoms with Crippen molar-refractivity contribution in [3.63, 3.8) is 0 Å². The highest BCUT2D eigenvalue weighted by Crippen LogP contribution is 2.30. The van der Waals surface area contributed by atoms with Gasteiger partial charge in [0.05, 0.1) is 10.9 Å². The van der Waals surface area contributed by atoms with Crippen LogP contribution in [0.4, 0.5) is 0 Å². The van der Waals surface area contributed by atoms with Crippen molar-refractivity contribution in [2.45, 2.75) is 20.3 Å². The molecule has 26 heavy (non-hydrogen) atoms. The molecule has 0 bridgehead atoms. The van der Waals surface area contributed by atoms with E-state index in [2.05, 4.69) is 0 Å². The number of hydrogen-bond donors (Lipinski definition) is 1. The molecule has 1 atom stereocenters. The van der Waals surface area contributed by atoms with Crippen LogP contribution in [0.5, 0.6) is 0 Å². The molecule has 6 nitrogen and oxygen atoms in total. The van der Waals surface area contributed by atoms with Gasteiger partial charge in [-0.15, -0.1) is 0 Å². The number of benzene rings is 1. The average molecular weight is 381 g/mol. The molecule has 0 saturated carbocycles. The Morgan fingerprint density at radius 3 is 2.65 bits per heavy atom. The third-order valence-corrected chi connectivity index (χ3v) is 4.75. The lowest BCUT2D eigenvalue weighted by Crippen LogP contribution is -2.39. The number of nitrogens with zero attached hydrogens (tertiary/aromatic N) is 2. The predicted octanol–water partition coefficient (Wildman–Crippen LogP) is 3.42. The Balaban J connectivity index is 2.31. The first kappa shape index (κ1) is 20.3. The van der Waals surface area contributed by atoms with Crippen LogP contribution in [0.2, 0.25) is 5.02 Å². The van der Waals surface area contributed by atoms with Crippen LogP contribution in [0, 0.1) is 5.92 Å². The fourth-order valence-corrected chi connectivity index (χ4v) is 3.29. The average Bonchev–Trinajstić information content (AvgIpc) is 2.88. The lowest BCUT2D eigenvalue weighted by atomic mass is 10.1. The van der Waals surface area contributed by atoms with E-state index in [9.17, 15) is 14.7 Å². The molecule has 1 unspecified atom stereocenters. The molecule has 1 amide bonds. The zero-order chi connectivity index (χ0) is 19.3. The number of ether oxygens (including phenoxy) is 1. The molecule has 0 aliphatic heterocycles. The number of fused-ring (bicyclic) bond motifs is 1. The first-order valence-electron chi connectivity index (χ1n) is 8.71. The van der Waals surface area contributed by atoms with Crippen LogP contribution in [0.3, 0.4) is 0 Å². The highest BCUT2D eigenvalue weighted by Gasteiger charge is 2.27. The summed E-state index contributed by atoms with van der Waals surface area (Å²) in [7, 11) is 1.79. The second-order valence-corrected chi connectivity index (χ2v) is 6.66. The van der Waals surface area contributed by atoms with Gasteiger partial charge in [0.2, 0.25) is 0 Å². The van der Waals surface area contributed by atoms with Gasteiger partial charge in [0.15, 0.2) is 0 Å². The summed E-state index contributed by atoms with van der Waals surface area (Å²) in [5.41, 5.74) is 1.24. The largest absolute Gasteiger partial charge is 0.481 e. The van der Waals surface area contributed by atoms with Gasteiger partial charge in [-0.2, -0.15) is 0 Å². The predicted molar refractivity (Wildman–Crippen MR) is 102 cm³/mol. The summed E-state index contributed by atoms with van der Waals surface area (Å²) in [4.78, 5) is 26.0. The molecule has 2 aromatic rings. The van der Waals surface area contributed by atoms with Crippen molar-refractivity contribution in [3.8, 4) is 0 Å². The summed E-state index contributed by atoms with van der Waals surface area (Å²) in [5, 5.41) is 10.4. The summed E-state index contributed by atoms with van der Waals surface area (Å²) in [6, 6.07) is 7.53. The third kappa shape index (κ3) is 4.37. The van der Waals surface area contributed by atoms with Gasteiger partial charge in [-0.25, -0.2) is 0 Å². The minimum Gasteiger partial charge on any atom is -0.481 e. The summed E-state index contributed by atoms with van der Waals surface area (Å²) >= 11 is 6.47. The molecule has 1 heterocycles. The second kappa shape index (κ2) is 9.05. The Morgan fingerprint density at radius 1 is 1.35 bits per heavy atom. The lowest BCUT2D eigenvalue weighted by molar-refractivity contribution is -0.141. The Labute approximate surface area is 158 Å². The van der Waals surface area contributed by atoms with Crippen LogP contribution >= 0.6 is 11.6 Å². The summed E-state index contributed by atoms with van der Waals surface area (Å²) < 4.78 is 7.10. The van der Waals surface area contributed by atoms with E-state index in [-0.39, 0.29) is 12.5 Å². The topological polar surface area (TPSA) is 71.8 Å². The second-order valence-electron chi connectivity index (χ2n) is 6.28. The van der Waals surface area contributed by atoms with Crippen molar-refractivity contribution in [2.24, 2.45) is 13.0 Å². The Hall–Kier alpha value is -2.05. The van der Waals surface area contributed by atoms with E-state index in [0.29, 0.717) is 36.9 Å². The van der Waals surface area contributed by atoms with E-state index < -0.39 is 11.9 Å². The number of aryl methyl sites for hydroxylation is 1. The number of carboxylic acids is 1. The van der Waals surface area contributed by atoms with Crippen molar-refractivity contribution in [1.29, 1.82) is 0 Å². The summed E-state index contributed by atoms with van der Waals surface area (Å²) in [5.74, 6) is -1.87. The summed E-state index contributed by atoms with van der Waals surface area (Å²) in [6.45, 7) is 5.16. The Bertz CT molecular complexity index is 748. The van der Waals surface area contributed by atoms with Gasteiger partial charge in [0.25, 0.3) is 5.91 Å². The zero-order valence-corrected chi connectivity index (χ0v) is 16.1. The number of carboxylic acid groups (broad SMARTS) is 1. The van der Waals surface area contributed by atoms with Gasteiger partial charge < -0.3 is 19.3 Å². The van der Waals surface area contributed by atoms with E-state index >= 15 is 0 Å². The van der Waals surface area contributed by atoms with E-state index in [0.717, 1.165) is 10.9 Å². The van der Waals surface area contributed by atoms with Crippen molar-refractivity contribution in [2.75, 3.05) is 26.3 Å². The normalized spacial score (nSPS) is 12.3. The standard InChI is InChI=1S/C19H25ClN2O4/c1-4-26-11-7-10-22(12-13(2)19(24)25)18(23)17-16(20)14-8-5-6-9-15(14)21(17)3/h5-6,8-9,13H,4,7,10-12H2,1-3H3,(H,24,25). The molecule has 0 aliphatic carbocycles. The highest BCUT2D eigenvalue weighted by molar-refractivity contribution is 6.38. The molecule has 0 aliphatic rings. The van der Waals surface area contributed by atoms with Gasteiger partial charge >= 0.3 is 5.97 Å². The number of carbonyl (C=O) groups is 2. The monoisotopic (exact) mass is 380 g/mol. The van der Waals surface area contributed by atoms with Crippen LogP contribution in [0.15, 0.2) is 24.3 Å². The molecule has 7 heteroatoms. The fourth-order valence-electron chi connectivity index (χ4n) is 2.92. The van der Waals surface area contributed by atoms with Gasteiger partial charge in [0, 0.05) is 44.3 Å². The lowest BCUT2D eigenvalue weighted by Gasteiger charge is -2.25. The zero-order valence-electron chi connectivity index (χ0n) is 15.4. The quantitative estimate of drug-likeness (QED) is 0.676. The minimum absolute atomic E-state index is 0.123. The number of rotatable bonds is 9. The number of hydrogen-bond acceptors (Lipinski definition) is 3. The first-order valence-corrected chi connectivity index (χ1v) is 9.09. The molecule has 0 radical (unpaired) electrons. The molecule has 0 saturated heterocycles. The van der Waals surface area contributed by atoms with Crippen LogP contribution in [0.25, 0.3) is 10.9 Å². The fraction of sp³-hybridized carbons (Fsp3) is 0.474. The maximum atomic E-state index is 13.2. The van der Waals surface area contributed by atoms with Crippen LogP contribution in [-0.4, -0.2) is 52.8 Å². The number of halogens is 1. The maximum absolute atomic E-state index is 13.2. The Morgan fingerprint density at radius 2 is 2.04 bits per heavy atom. The van der Waals surface area contributed by atoms with Crippen LogP contribution in [0.1, 0.15) is 30.8 Å². The molecule has 1 aromatic heterocycles. The molecule has 2 rings (SSSR count). The van der Waals surface area contributed by atoms with Crippen LogP contribution in [-0.2, 0) is 16.6 Å². The smallest absolute Gasteiger partial charge is 0.308 e. The van der Waals surface area contributed by atoms with E-state index in [1.807, 2.05) is 31.2 Å². The Kier molecular flexibility index (Phi) is 7.06. The SMILES string of the molecule is CCOCCCN(CC(C)C(=O)O)C(=O)c1c(Cl)c2ccccc2n1C. The highest BCUT2D eigenvalue weighted by atomic mass is 35.5. The van der Waals surface area contributed by atoms with Gasteiger partial charge in [-0.3, -0.25) is 9.59 Å². The van der Waals surface area contributed by atoms with Crippen molar-refractivity contribution in [3.05, 3.63) is 35.0 Å². The number of aromatic nitrogens is 1. The number of aliphatic carboxylic acids is 1. The summed E-state index contributed by atoms with van der Waals surface area (Å²) in [6.07, 6.45) is 0.632. The molecular weight excluding hydrogens is 356 g/mol. The number of amides is 1. The van der Waals surface area contributed by atoms with Gasteiger partial charge in [0.1, 0.15) is 5.69 Å². The van der Waals surface area contributed by atoms with Crippen LogP contribution < -0.4 is 0 Å². The molecule has 1 aromatic carbocycles. The van der Waals surface area contributed by atoms with Gasteiger partial charge in [-0.1, -0.05) is 36.7 Å². The minimum atomic E-state index is -0.934. The molecule has 0 spiro atoms. The molecular formula is C19H25ClN2O4. The maximum Gasteiger partial charge on any atom is 0.308 e. The first-order chi connectivity index (χ1) is 12.4. The van der Waals surface area contributed by atoms with Crippen molar-refractivity contribution >= 4 is 34.4 Å². The third-order valence-electron chi connectivity index (χ3n) is 4.37. The number of para-hydroxylation sites is 1. The van der Waals surface area contributed by atoms with E-state index in [1.54, 1.807) is 23.4 Å². The number of carbonyl (C=O) groups excluding carboxylic acids is 1. The van der Waals surface area contributed by atoms with E-state index in [1.165, 1.54) is 0 Å². The van der Waals surface area contributed by atoms with Gasteiger partial charge in [-0.05, 0) is 19.4 Å². The van der Waals surface area contributed by atoms with E-state index in [4.69, 9.17) is 16.3 Å². The van der Waals surface area contributed by atoms with Crippen molar-refractivity contribution < 1.29 is 19.4 Å². The molecule has 1 N–H and O–H groups in total. The molecule has 0 fully saturated rings. The molecule has 142 valence electrons.